The first-order valence-corrected chi connectivity index (χ1v) is 7.91. The number of carbonyl (C=O) groups is 1. The van der Waals surface area contributed by atoms with Crippen molar-refractivity contribution < 1.29 is 9.90 Å². The van der Waals surface area contributed by atoms with E-state index >= 15 is 0 Å². The first-order chi connectivity index (χ1) is 9.40. The number of carboxylic acids is 1. The summed E-state index contributed by atoms with van der Waals surface area (Å²) < 4.78 is 0. The molecule has 1 saturated heterocycles. The fourth-order valence-electron chi connectivity index (χ4n) is 2.64. The highest BCUT2D eigenvalue weighted by Gasteiger charge is 2.26. The normalized spacial score (nSPS) is 21.2. The summed E-state index contributed by atoms with van der Waals surface area (Å²) in [6.45, 7) is 9.16. The first kappa shape index (κ1) is 15.3. The number of hydrogen-bond donors (Lipinski definition) is 1. The number of likely N-dealkylation sites (N-methyl/N-ethyl adjacent to an activating group) is 1. The molecule has 6 heteroatoms. The van der Waals surface area contributed by atoms with Crippen molar-refractivity contribution in [1.29, 1.82) is 0 Å². The Hall–Kier alpha value is -1.14. The highest BCUT2D eigenvalue weighted by molar-refractivity contribution is 7.17. The molecule has 1 unspecified atom stereocenters. The van der Waals surface area contributed by atoms with E-state index in [1.165, 1.54) is 11.3 Å². The Balaban J connectivity index is 2.32. The van der Waals surface area contributed by atoms with E-state index in [0.717, 1.165) is 31.2 Å². The molecule has 112 valence electrons. The Labute approximate surface area is 124 Å². The van der Waals surface area contributed by atoms with E-state index in [9.17, 15) is 9.90 Å². The fourth-order valence-corrected chi connectivity index (χ4v) is 3.83. The number of rotatable bonds is 3. The maximum atomic E-state index is 11.4. The third-order valence-electron chi connectivity index (χ3n) is 3.68. The molecule has 5 nitrogen and oxygen atoms in total. The molecule has 0 saturated carbocycles. The predicted octanol–water partition coefficient (Wildman–Crippen LogP) is 2.50. The summed E-state index contributed by atoms with van der Waals surface area (Å²) in [4.78, 5) is 20.9. The molecule has 1 N–H and O–H groups in total. The van der Waals surface area contributed by atoms with E-state index in [1.54, 1.807) is 0 Å². The van der Waals surface area contributed by atoms with Gasteiger partial charge in [0, 0.05) is 19.1 Å². The van der Waals surface area contributed by atoms with Gasteiger partial charge in [0.25, 0.3) is 0 Å². The summed E-state index contributed by atoms with van der Waals surface area (Å²) in [5.41, 5.74) is 0.710. The average molecular weight is 297 g/mol. The number of carboxylic acid groups (broad SMARTS) is 1. The zero-order valence-corrected chi connectivity index (χ0v) is 13.4. The Bertz CT molecular complexity index is 487. The van der Waals surface area contributed by atoms with E-state index < -0.39 is 5.97 Å². The maximum Gasteiger partial charge on any atom is 0.347 e. The second-order valence-corrected chi connectivity index (χ2v) is 6.81. The minimum Gasteiger partial charge on any atom is -0.477 e. The largest absolute Gasteiger partial charge is 0.477 e. The number of anilines is 1. The van der Waals surface area contributed by atoms with Gasteiger partial charge in [-0.3, -0.25) is 0 Å². The van der Waals surface area contributed by atoms with Gasteiger partial charge in [-0.05, 0) is 32.9 Å². The van der Waals surface area contributed by atoms with Gasteiger partial charge in [-0.1, -0.05) is 25.2 Å². The van der Waals surface area contributed by atoms with Crippen molar-refractivity contribution in [2.45, 2.75) is 39.2 Å². The SMILES string of the molecule is CC(C)c1nc(N2CCCN(C)CC2C)sc1C(=O)O. The lowest BCUT2D eigenvalue weighted by molar-refractivity contribution is 0.0700. The van der Waals surface area contributed by atoms with Crippen LogP contribution in [0.25, 0.3) is 0 Å². The molecule has 1 aromatic rings. The van der Waals surface area contributed by atoms with Gasteiger partial charge >= 0.3 is 5.97 Å². The van der Waals surface area contributed by atoms with Crippen LogP contribution in [0.1, 0.15) is 48.5 Å². The highest BCUT2D eigenvalue weighted by Crippen LogP contribution is 2.32. The Morgan fingerprint density at radius 1 is 1.45 bits per heavy atom. The molecule has 1 fully saturated rings. The van der Waals surface area contributed by atoms with Gasteiger partial charge in [-0.2, -0.15) is 0 Å². The van der Waals surface area contributed by atoms with Crippen LogP contribution in [0.2, 0.25) is 0 Å². The molecule has 1 aliphatic heterocycles. The van der Waals surface area contributed by atoms with Crippen LogP contribution in [0.4, 0.5) is 5.13 Å². The Morgan fingerprint density at radius 3 is 2.70 bits per heavy atom. The summed E-state index contributed by atoms with van der Waals surface area (Å²) in [5, 5.41) is 10.2. The molecule has 0 aliphatic carbocycles. The predicted molar refractivity (Wildman–Crippen MR) is 82.1 cm³/mol. The van der Waals surface area contributed by atoms with Crippen LogP contribution in [0.15, 0.2) is 0 Å². The zero-order chi connectivity index (χ0) is 14.9. The molecule has 0 radical (unpaired) electrons. The number of hydrogen-bond acceptors (Lipinski definition) is 5. The van der Waals surface area contributed by atoms with Gasteiger partial charge in [-0.25, -0.2) is 9.78 Å². The second kappa shape index (κ2) is 6.10. The van der Waals surface area contributed by atoms with Gasteiger partial charge in [0.05, 0.1) is 5.69 Å². The fraction of sp³-hybridized carbons (Fsp3) is 0.714. The molecule has 0 spiro atoms. The monoisotopic (exact) mass is 297 g/mol. The molecular formula is C14H23N3O2S. The second-order valence-electron chi connectivity index (χ2n) is 5.83. The van der Waals surface area contributed by atoms with Gasteiger partial charge in [0.2, 0.25) is 0 Å². The van der Waals surface area contributed by atoms with Crippen molar-refractivity contribution in [3.05, 3.63) is 10.6 Å². The van der Waals surface area contributed by atoms with Gasteiger partial charge < -0.3 is 14.9 Å². The molecule has 2 rings (SSSR count). The molecular weight excluding hydrogens is 274 g/mol. The lowest BCUT2D eigenvalue weighted by Crippen LogP contribution is -2.37. The number of aromatic nitrogens is 1. The van der Waals surface area contributed by atoms with E-state index in [2.05, 4.69) is 28.8 Å². The minimum absolute atomic E-state index is 0.135. The standard InChI is InChI=1S/C14H23N3O2S/c1-9(2)11-12(13(18)19)20-14(15-11)17-7-5-6-16(4)8-10(17)3/h9-10H,5-8H2,1-4H3,(H,18,19). The van der Waals surface area contributed by atoms with Crippen molar-refractivity contribution in [1.82, 2.24) is 9.88 Å². The maximum absolute atomic E-state index is 11.4. The summed E-state index contributed by atoms with van der Waals surface area (Å²) >= 11 is 1.31. The number of aromatic carboxylic acids is 1. The summed E-state index contributed by atoms with van der Waals surface area (Å²) in [6, 6.07) is 0.357. The van der Waals surface area contributed by atoms with E-state index in [4.69, 9.17) is 0 Å². The van der Waals surface area contributed by atoms with Crippen molar-refractivity contribution in [2.24, 2.45) is 0 Å². The van der Waals surface area contributed by atoms with Crippen LogP contribution in [-0.4, -0.2) is 53.7 Å². The van der Waals surface area contributed by atoms with Crippen LogP contribution in [-0.2, 0) is 0 Å². The lowest BCUT2D eigenvalue weighted by Gasteiger charge is -2.27. The van der Waals surface area contributed by atoms with E-state index in [-0.39, 0.29) is 5.92 Å². The number of nitrogens with zero attached hydrogens (tertiary/aromatic N) is 3. The molecule has 2 heterocycles. The van der Waals surface area contributed by atoms with Crippen molar-refractivity contribution in [3.8, 4) is 0 Å². The van der Waals surface area contributed by atoms with Crippen molar-refractivity contribution >= 4 is 22.4 Å². The van der Waals surface area contributed by atoms with Crippen LogP contribution in [0.5, 0.6) is 0 Å². The van der Waals surface area contributed by atoms with Crippen molar-refractivity contribution in [2.75, 3.05) is 31.6 Å². The van der Waals surface area contributed by atoms with Crippen LogP contribution in [0.3, 0.4) is 0 Å². The summed E-state index contributed by atoms with van der Waals surface area (Å²) in [7, 11) is 2.13. The Kier molecular flexibility index (Phi) is 4.65. The van der Waals surface area contributed by atoms with Crippen LogP contribution in [0, 0.1) is 0 Å². The summed E-state index contributed by atoms with van der Waals surface area (Å²) in [5.74, 6) is -0.729. The molecule has 1 atom stereocenters. The van der Waals surface area contributed by atoms with Crippen LogP contribution < -0.4 is 4.90 Å². The van der Waals surface area contributed by atoms with E-state index in [1.807, 2.05) is 13.8 Å². The van der Waals surface area contributed by atoms with Gasteiger partial charge in [0.15, 0.2) is 5.13 Å². The van der Waals surface area contributed by atoms with Crippen molar-refractivity contribution in [3.63, 3.8) is 0 Å². The van der Waals surface area contributed by atoms with Crippen LogP contribution >= 0.6 is 11.3 Å². The highest BCUT2D eigenvalue weighted by atomic mass is 32.1. The molecule has 0 amide bonds. The molecule has 1 aliphatic rings. The lowest BCUT2D eigenvalue weighted by atomic mass is 10.1. The van der Waals surface area contributed by atoms with Gasteiger partial charge in [0.1, 0.15) is 4.88 Å². The minimum atomic E-state index is -0.864. The number of thiazole rings is 1. The average Bonchev–Trinajstić information content (AvgIpc) is 2.72. The third-order valence-corrected chi connectivity index (χ3v) is 4.77. The smallest absolute Gasteiger partial charge is 0.347 e. The zero-order valence-electron chi connectivity index (χ0n) is 12.6. The quantitative estimate of drug-likeness (QED) is 0.929. The molecule has 0 aromatic carbocycles. The molecule has 1 aromatic heterocycles. The molecule has 20 heavy (non-hydrogen) atoms. The first-order valence-electron chi connectivity index (χ1n) is 7.09. The molecule has 0 bridgehead atoms. The van der Waals surface area contributed by atoms with E-state index in [0.29, 0.717) is 16.6 Å². The topological polar surface area (TPSA) is 56.7 Å². The summed E-state index contributed by atoms with van der Waals surface area (Å²) in [6.07, 6.45) is 1.08. The Morgan fingerprint density at radius 2 is 2.15 bits per heavy atom. The van der Waals surface area contributed by atoms with Gasteiger partial charge in [-0.15, -0.1) is 0 Å². The third kappa shape index (κ3) is 3.12.